The Morgan fingerprint density at radius 1 is 0.528 bits per heavy atom. The highest BCUT2D eigenvalue weighted by atomic mass is 15.1. The molecule has 0 bridgehead atoms. The van der Waals surface area contributed by atoms with Crippen LogP contribution >= 0.6 is 0 Å². The first kappa shape index (κ1) is 30.7. The van der Waals surface area contributed by atoms with E-state index in [1.165, 1.54) is 139 Å². The molecule has 0 aliphatic carbocycles. The van der Waals surface area contributed by atoms with Gasteiger partial charge in [0.05, 0.1) is 5.69 Å². The Morgan fingerprint density at radius 2 is 1.06 bits per heavy atom. The van der Waals surface area contributed by atoms with Gasteiger partial charge in [0, 0.05) is 19.2 Å². The van der Waals surface area contributed by atoms with Crippen molar-refractivity contribution in [3.8, 4) is 0 Å². The van der Waals surface area contributed by atoms with Gasteiger partial charge in [-0.05, 0) is 37.7 Å². The average molecular weight is 495 g/mol. The smallest absolute Gasteiger partial charge is 0.108 e. The minimum absolute atomic E-state index is 1.10. The van der Waals surface area contributed by atoms with Crippen molar-refractivity contribution in [2.24, 2.45) is 0 Å². The molecule has 2 nitrogen and oxygen atoms in total. The summed E-state index contributed by atoms with van der Waals surface area (Å²) in [6.07, 6.45) is 32.3. The van der Waals surface area contributed by atoms with Gasteiger partial charge in [-0.2, -0.15) is 0 Å². The van der Waals surface area contributed by atoms with Crippen LogP contribution in [0.4, 0.5) is 0 Å². The molecule has 0 radical (unpaired) electrons. The molecule has 0 aliphatic rings. The molecule has 0 atom stereocenters. The molecule has 2 aromatic rings. The van der Waals surface area contributed by atoms with Crippen LogP contribution in [-0.2, 0) is 25.8 Å². The van der Waals surface area contributed by atoms with Crippen LogP contribution in [0.15, 0.2) is 36.5 Å². The van der Waals surface area contributed by atoms with E-state index in [2.05, 4.69) is 54.9 Å². The molecule has 2 heteroatoms. The fourth-order valence-corrected chi connectivity index (χ4v) is 5.30. The molecule has 2 rings (SSSR count). The number of imidazole rings is 1. The molecule has 0 saturated carbocycles. The van der Waals surface area contributed by atoms with Gasteiger partial charge in [-0.25, -0.2) is 4.98 Å². The minimum Gasteiger partial charge on any atom is -0.335 e. The predicted molar refractivity (Wildman–Crippen MR) is 159 cm³/mol. The van der Waals surface area contributed by atoms with E-state index < -0.39 is 0 Å². The molecular formula is C34H58N2. The van der Waals surface area contributed by atoms with Crippen molar-refractivity contribution in [2.75, 3.05) is 0 Å². The number of unbranched alkanes of at least 4 members (excludes halogenated alkanes) is 16. The SMILES string of the molecule is CCCCCCCCCCCCCCCCCCc1nc(CCCc2ccccc2)cn1CCCC. The van der Waals surface area contributed by atoms with Crippen molar-refractivity contribution in [3.63, 3.8) is 0 Å². The van der Waals surface area contributed by atoms with Gasteiger partial charge in [0.2, 0.25) is 0 Å². The molecule has 0 saturated heterocycles. The Morgan fingerprint density at radius 3 is 1.61 bits per heavy atom. The van der Waals surface area contributed by atoms with Gasteiger partial charge in [-0.15, -0.1) is 0 Å². The van der Waals surface area contributed by atoms with E-state index in [1.807, 2.05) is 0 Å². The van der Waals surface area contributed by atoms with Gasteiger partial charge in [0.15, 0.2) is 0 Å². The zero-order chi connectivity index (χ0) is 25.5. The molecule has 0 fully saturated rings. The van der Waals surface area contributed by atoms with Crippen molar-refractivity contribution in [3.05, 3.63) is 53.6 Å². The molecule has 0 amide bonds. The summed E-state index contributed by atoms with van der Waals surface area (Å²) in [7, 11) is 0. The minimum atomic E-state index is 1.10. The highest BCUT2D eigenvalue weighted by Gasteiger charge is 2.08. The molecular weight excluding hydrogens is 436 g/mol. The van der Waals surface area contributed by atoms with Crippen molar-refractivity contribution in [2.45, 2.75) is 162 Å². The first-order valence-electron chi connectivity index (χ1n) is 15.9. The lowest BCUT2D eigenvalue weighted by molar-refractivity contribution is 0.526. The second-order valence-electron chi connectivity index (χ2n) is 11.1. The van der Waals surface area contributed by atoms with Gasteiger partial charge in [-0.1, -0.05) is 147 Å². The topological polar surface area (TPSA) is 17.8 Å². The summed E-state index contributed by atoms with van der Waals surface area (Å²) < 4.78 is 2.46. The normalized spacial score (nSPS) is 11.4. The Hall–Kier alpha value is -1.57. The quantitative estimate of drug-likeness (QED) is 0.133. The third-order valence-corrected chi connectivity index (χ3v) is 7.66. The molecule has 1 aromatic carbocycles. The van der Waals surface area contributed by atoms with E-state index in [4.69, 9.17) is 4.98 Å². The number of hydrogen-bond acceptors (Lipinski definition) is 1. The van der Waals surface area contributed by atoms with Crippen LogP contribution in [0, 0.1) is 0 Å². The second kappa shape index (κ2) is 21.5. The predicted octanol–water partition coefficient (Wildman–Crippen LogP) is 10.7. The van der Waals surface area contributed by atoms with E-state index in [1.54, 1.807) is 0 Å². The molecule has 0 N–H and O–H groups in total. The highest BCUT2D eigenvalue weighted by Crippen LogP contribution is 2.16. The number of aromatic nitrogens is 2. The monoisotopic (exact) mass is 494 g/mol. The van der Waals surface area contributed by atoms with Crippen LogP contribution < -0.4 is 0 Å². The molecule has 204 valence electrons. The zero-order valence-electron chi connectivity index (χ0n) is 24.1. The number of benzene rings is 1. The van der Waals surface area contributed by atoms with E-state index >= 15 is 0 Å². The first-order valence-corrected chi connectivity index (χ1v) is 15.9. The molecule has 36 heavy (non-hydrogen) atoms. The Kier molecular flexibility index (Phi) is 18.3. The summed E-state index contributed by atoms with van der Waals surface area (Å²) in [5.74, 6) is 1.34. The highest BCUT2D eigenvalue weighted by molar-refractivity contribution is 5.15. The third-order valence-electron chi connectivity index (χ3n) is 7.66. The summed E-state index contributed by atoms with van der Waals surface area (Å²) >= 11 is 0. The van der Waals surface area contributed by atoms with Gasteiger partial charge in [0.25, 0.3) is 0 Å². The van der Waals surface area contributed by atoms with E-state index in [9.17, 15) is 0 Å². The van der Waals surface area contributed by atoms with Gasteiger partial charge in [-0.3, -0.25) is 0 Å². The lowest BCUT2D eigenvalue weighted by Crippen LogP contribution is -2.03. The van der Waals surface area contributed by atoms with Gasteiger partial charge in [0.1, 0.15) is 5.82 Å². The third kappa shape index (κ3) is 14.9. The Balaban J connectivity index is 1.50. The number of hydrogen-bond donors (Lipinski definition) is 0. The van der Waals surface area contributed by atoms with Crippen LogP contribution in [0.5, 0.6) is 0 Å². The summed E-state index contributed by atoms with van der Waals surface area (Å²) in [5, 5.41) is 0. The lowest BCUT2D eigenvalue weighted by atomic mass is 10.0. The maximum atomic E-state index is 5.06. The summed E-state index contributed by atoms with van der Waals surface area (Å²) in [5.41, 5.74) is 2.74. The van der Waals surface area contributed by atoms with Crippen LogP contribution in [0.2, 0.25) is 0 Å². The van der Waals surface area contributed by atoms with Gasteiger partial charge >= 0.3 is 0 Å². The average Bonchev–Trinajstić information content (AvgIpc) is 3.29. The van der Waals surface area contributed by atoms with E-state index in [-0.39, 0.29) is 0 Å². The zero-order valence-corrected chi connectivity index (χ0v) is 24.1. The van der Waals surface area contributed by atoms with Crippen molar-refractivity contribution in [1.82, 2.24) is 9.55 Å². The molecule has 1 aromatic heterocycles. The van der Waals surface area contributed by atoms with E-state index in [0.717, 1.165) is 25.8 Å². The standard InChI is InChI=1S/C34H58N2/c1-3-5-7-8-9-10-11-12-13-14-15-16-17-18-19-23-29-34-35-33(31-36(34)30-6-4-2)28-24-27-32-25-21-20-22-26-32/h20-22,25-26,31H,3-19,23-24,27-30H2,1-2H3. The maximum absolute atomic E-state index is 5.06. The van der Waals surface area contributed by atoms with Crippen molar-refractivity contribution < 1.29 is 0 Å². The summed E-state index contributed by atoms with van der Waals surface area (Å²) in [4.78, 5) is 5.06. The number of rotatable bonds is 24. The van der Waals surface area contributed by atoms with Crippen LogP contribution in [-0.4, -0.2) is 9.55 Å². The molecule has 0 spiro atoms. The van der Waals surface area contributed by atoms with Crippen LogP contribution in [0.25, 0.3) is 0 Å². The maximum Gasteiger partial charge on any atom is 0.108 e. The second-order valence-corrected chi connectivity index (χ2v) is 11.1. The first-order chi connectivity index (χ1) is 17.8. The fourth-order valence-electron chi connectivity index (χ4n) is 5.30. The largest absolute Gasteiger partial charge is 0.335 e. The fraction of sp³-hybridized carbons (Fsp3) is 0.735. The lowest BCUT2D eigenvalue weighted by Gasteiger charge is -2.07. The van der Waals surface area contributed by atoms with Crippen molar-refractivity contribution in [1.29, 1.82) is 0 Å². The molecule has 0 unspecified atom stereocenters. The van der Waals surface area contributed by atoms with E-state index in [0.29, 0.717) is 0 Å². The summed E-state index contributed by atoms with van der Waals surface area (Å²) in [6.45, 7) is 5.72. The van der Waals surface area contributed by atoms with Gasteiger partial charge < -0.3 is 4.57 Å². The summed E-state index contributed by atoms with van der Waals surface area (Å²) in [6, 6.07) is 10.9. The Labute approximate surface area is 224 Å². The Bertz CT molecular complexity index is 733. The van der Waals surface area contributed by atoms with Crippen LogP contribution in [0.3, 0.4) is 0 Å². The molecule has 0 aliphatic heterocycles. The number of nitrogens with zero attached hydrogens (tertiary/aromatic N) is 2. The molecule has 1 heterocycles. The van der Waals surface area contributed by atoms with Crippen molar-refractivity contribution >= 4 is 0 Å². The number of aryl methyl sites for hydroxylation is 4. The van der Waals surface area contributed by atoms with Crippen LogP contribution in [0.1, 0.15) is 153 Å².